The maximum Gasteiger partial charge on any atom is 0.0553 e. The van der Waals surface area contributed by atoms with E-state index in [1.54, 1.807) is 0 Å². The second-order valence-corrected chi connectivity index (χ2v) is 5.05. The summed E-state index contributed by atoms with van der Waals surface area (Å²) in [5.74, 6) is 0. The van der Waals surface area contributed by atoms with Gasteiger partial charge in [0.15, 0.2) is 0 Å². The van der Waals surface area contributed by atoms with Crippen LogP contribution in [0.3, 0.4) is 0 Å². The normalized spacial score (nSPS) is 10.5. The molecule has 0 radical (unpaired) electrons. The molecule has 90 valence electrons. The fourth-order valence-corrected chi connectivity index (χ4v) is 2.56. The van der Waals surface area contributed by atoms with Gasteiger partial charge >= 0.3 is 0 Å². The van der Waals surface area contributed by atoms with Crippen LogP contribution in [-0.4, -0.2) is 4.57 Å². The molecule has 17 heavy (non-hydrogen) atoms. The van der Waals surface area contributed by atoms with E-state index in [4.69, 9.17) is 11.6 Å². The zero-order valence-corrected chi connectivity index (χ0v) is 11.9. The van der Waals surface area contributed by atoms with Crippen LogP contribution < -0.4 is 5.32 Å². The summed E-state index contributed by atoms with van der Waals surface area (Å²) >= 11 is 9.40. The first kappa shape index (κ1) is 12.5. The van der Waals surface area contributed by atoms with Crippen LogP contribution in [-0.2, 0) is 13.1 Å². The van der Waals surface area contributed by atoms with Gasteiger partial charge < -0.3 is 9.88 Å². The van der Waals surface area contributed by atoms with Crippen molar-refractivity contribution < 1.29 is 0 Å². The molecule has 0 aliphatic heterocycles. The zero-order chi connectivity index (χ0) is 12.3. The number of nitrogens with one attached hydrogen (secondary N) is 1. The topological polar surface area (TPSA) is 17.0 Å². The molecule has 1 heterocycles. The first-order valence-electron chi connectivity index (χ1n) is 5.53. The van der Waals surface area contributed by atoms with E-state index in [-0.39, 0.29) is 0 Å². The molecule has 0 aliphatic rings. The number of hydrogen-bond acceptors (Lipinski definition) is 1. The Bertz CT molecular complexity index is 508. The smallest absolute Gasteiger partial charge is 0.0553 e. The van der Waals surface area contributed by atoms with E-state index in [9.17, 15) is 0 Å². The van der Waals surface area contributed by atoms with Crippen LogP contribution in [0, 0.1) is 0 Å². The monoisotopic (exact) mass is 312 g/mol. The number of nitrogens with zero attached hydrogens (tertiary/aromatic N) is 1. The maximum absolute atomic E-state index is 5.90. The summed E-state index contributed by atoms with van der Waals surface area (Å²) in [5, 5.41) is 4.13. The average Bonchev–Trinajstić information content (AvgIpc) is 2.75. The van der Waals surface area contributed by atoms with Crippen molar-refractivity contribution in [1.29, 1.82) is 0 Å². The lowest BCUT2D eigenvalue weighted by Gasteiger charge is -2.10. The highest BCUT2D eigenvalue weighted by molar-refractivity contribution is 9.10. The zero-order valence-electron chi connectivity index (χ0n) is 9.58. The number of aryl methyl sites for hydroxylation is 1. The Kier molecular flexibility index (Phi) is 4.13. The second-order valence-electron chi connectivity index (χ2n) is 3.76. The Hall–Kier alpha value is -0.930. The molecule has 0 unspecified atom stereocenters. The molecule has 0 bridgehead atoms. The molecule has 1 aromatic heterocycles. The fourth-order valence-electron chi connectivity index (χ4n) is 1.74. The second kappa shape index (κ2) is 5.61. The van der Waals surface area contributed by atoms with Gasteiger partial charge in [-0.15, -0.1) is 0 Å². The van der Waals surface area contributed by atoms with Crippen molar-refractivity contribution >= 4 is 33.2 Å². The van der Waals surface area contributed by atoms with Crippen LogP contribution in [0.25, 0.3) is 0 Å². The Balaban J connectivity index is 2.07. The van der Waals surface area contributed by atoms with Gasteiger partial charge in [-0.1, -0.05) is 11.6 Å². The van der Waals surface area contributed by atoms with Gasteiger partial charge in [0.05, 0.1) is 6.54 Å². The molecule has 2 aromatic rings. The van der Waals surface area contributed by atoms with E-state index in [1.165, 1.54) is 5.69 Å². The lowest BCUT2D eigenvalue weighted by atomic mass is 10.3. The first-order valence-corrected chi connectivity index (χ1v) is 6.70. The molecule has 4 heteroatoms. The number of rotatable bonds is 4. The van der Waals surface area contributed by atoms with Crippen molar-refractivity contribution in [2.45, 2.75) is 20.0 Å². The van der Waals surface area contributed by atoms with Crippen LogP contribution in [0.15, 0.2) is 41.0 Å². The van der Waals surface area contributed by atoms with Crippen molar-refractivity contribution in [3.63, 3.8) is 0 Å². The van der Waals surface area contributed by atoms with E-state index in [0.29, 0.717) is 0 Å². The first-order chi connectivity index (χ1) is 8.20. The van der Waals surface area contributed by atoms with Crippen molar-refractivity contribution in [3.8, 4) is 0 Å². The average molecular weight is 314 g/mol. The number of halogens is 2. The third-order valence-corrected chi connectivity index (χ3v) is 3.55. The van der Waals surface area contributed by atoms with Crippen LogP contribution in [0.2, 0.25) is 5.02 Å². The van der Waals surface area contributed by atoms with Gasteiger partial charge in [-0.25, -0.2) is 0 Å². The van der Waals surface area contributed by atoms with Crippen molar-refractivity contribution in [2.75, 3.05) is 5.32 Å². The highest BCUT2D eigenvalue weighted by Gasteiger charge is 2.02. The van der Waals surface area contributed by atoms with Crippen LogP contribution in [0.5, 0.6) is 0 Å². The standard InChI is InChI=1S/C13H14BrClN2/c1-2-17-7-3-4-11(17)9-16-13-6-5-10(15)8-12(13)14/h3-8,16H,2,9H2,1H3. The predicted molar refractivity (Wildman–Crippen MR) is 76.6 cm³/mol. The number of hydrogen-bond donors (Lipinski definition) is 1. The van der Waals surface area contributed by atoms with Gasteiger partial charge in [0.25, 0.3) is 0 Å². The molecular formula is C13H14BrClN2. The molecular weight excluding hydrogens is 300 g/mol. The summed E-state index contributed by atoms with van der Waals surface area (Å²) < 4.78 is 3.20. The Labute approximate surface area is 115 Å². The van der Waals surface area contributed by atoms with E-state index >= 15 is 0 Å². The van der Waals surface area contributed by atoms with Gasteiger partial charge in [0.2, 0.25) is 0 Å². The Morgan fingerprint density at radius 3 is 2.88 bits per heavy atom. The maximum atomic E-state index is 5.90. The van der Waals surface area contributed by atoms with E-state index in [1.807, 2.05) is 18.2 Å². The Morgan fingerprint density at radius 2 is 2.18 bits per heavy atom. The molecule has 0 atom stereocenters. The molecule has 1 aromatic carbocycles. The van der Waals surface area contributed by atoms with Crippen LogP contribution in [0.1, 0.15) is 12.6 Å². The summed E-state index contributed by atoms with van der Waals surface area (Å²) in [4.78, 5) is 0. The van der Waals surface area contributed by atoms with Gasteiger partial charge in [0.1, 0.15) is 0 Å². The minimum Gasteiger partial charge on any atom is -0.379 e. The summed E-state index contributed by atoms with van der Waals surface area (Å²) in [7, 11) is 0. The van der Waals surface area contributed by atoms with Crippen LogP contribution in [0.4, 0.5) is 5.69 Å². The third kappa shape index (κ3) is 3.05. The molecule has 0 fully saturated rings. The molecule has 2 rings (SSSR count). The van der Waals surface area contributed by atoms with Crippen LogP contribution >= 0.6 is 27.5 Å². The minimum absolute atomic E-state index is 0.736. The summed E-state index contributed by atoms with van der Waals surface area (Å²) in [6, 6.07) is 9.94. The van der Waals surface area contributed by atoms with E-state index in [0.717, 1.165) is 28.3 Å². The quantitative estimate of drug-likeness (QED) is 0.877. The van der Waals surface area contributed by atoms with E-state index < -0.39 is 0 Å². The molecule has 0 spiro atoms. The molecule has 2 nitrogen and oxygen atoms in total. The van der Waals surface area contributed by atoms with Crippen molar-refractivity contribution in [3.05, 3.63) is 51.7 Å². The lowest BCUT2D eigenvalue weighted by molar-refractivity contribution is 0.724. The summed E-state index contributed by atoms with van der Waals surface area (Å²) in [5.41, 5.74) is 2.33. The number of benzene rings is 1. The van der Waals surface area contributed by atoms with Gasteiger partial charge in [-0.2, -0.15) is 0 Å². The molecule has 0 saturated heterocycles. The highest BCUT2D eigenvalue weighted by Crippen LogP contribution is 2.26. The lowest BCUT2D eigenvalue weighted by Crippen LogP contribution is -2.06. The minimum atomic E-state index is 0.736. The van der Waals surface area contributed by atoms with Crippen molar-refractivity contribution in [1.82, 2.24) is 4.57 Å². The molecule has 0 saturated carbocycles. The van der Waals surface area contributed by atoms with Gasteiger partial charge in [-0.05, 0) is 53.2 Å². The summed E-state index contributed by atoms with van der Waals surface area (Å²) in [6.07, 6.45) is 2.09. The molecule has 0 amide bonds. The Morgan fingerprint density at radius 1 is 1.35 bits per heavy atom. The third-order valence-electron chi connectivity index (χ3n) is 2.66. The largest absolute Gasteiger partial charge is 0.379 e. The summed E-state index contributed by atoms with van der Waals surface area (Å²) in [6.45, 7) is 3.94. The van der Waals surface area contributed by atoms with Gasteiger partial charge in [-0.3, -0.25) is 0 Å². The number of aromatic nitrogens is 1. The SMILES string of the molecule is CCn1cccc1CNc1ccc(Cl)cc1Br. The molecule has 0 aliphatic carbocycles. The highest BCUT2D eigenvalue weighted by atomic mass is 79.9. The van der Waals surface area contributed by atoms with Crippen molar-refractivity contribution in [2.24, 2.45) is 0 Å². The van der Waals surface area contributed by atoms with Gasteiger partial charge in [0, 0.05) is 33.6 Å². The van der Waals surface area contributed by atoms with E-state index in [2.05, 4.69) is 51.1 Å². The molecule has 1 N–H and O–H groups in total. The fraction of sp³-hybridized carbons (Fsp3) is 0.231. The predicted octanol–water partition coefficient (Wildman–Crippen LogP) is 4.54. The number of anilines is 1.